The zero-order valence-corrected chi connectivity index (χ0v) is 14.2. The summed E-state index contributed by atoms with van der Waals surface area (Å²) in [5.41, 5.74) is 1.66. The molecule has 2 aliphatic carbocycles. The molecule has 2 fully saturated rings. The molecule has 2 nitrogen and oxygen atoms in total. The number of ketones is 2. The quantitative estimate of drug-likeness (QED) is 0.733. The van der Waals surface area contributed by atoms with Crippen molar-refractivity contribution in [3.8, 4) is 0 Å². The lowest BCUT2D eigenvalue weighted by atomic mass is 9.67. The molecule has 0 saturated heterocycles. The fourth-order valence-corrected chi connectivity index (χ4v) is 4.88. The summed E-state index contributed by atoms with van der Waals surface area (Å²) in [6.07, 6.45) is 5.86. The Morgan fingerprint density at radius 2 is 1.30 bits per heavy atom. The van der Waals surface area contributed by atoms with E-state index >= 15 is 0 Å². The van der Waals surface area contributed by atoms with Gasteiger partial charge in [-0.1, -0.05) is 12.1 Å². The first-order chi connectivity index (χ1) is 11.2. The first kappa shape index (κ1) is 14.8. The third-order valence-electron chi connectivity index (χ3n) is 4.60. The van der Waals surface area contributed by atoms with Crippen molar-refractivity contribution in [1.29, 1.82) is 0 Å². The van der Waals surface area contributed by atoms with Crippen LogP contribution >= 0.6 is 22.7 Å². The molecule has 2 atom stereocenters. The van der Waals surface area contributed by atoms with Crippen molar-refractivity contribution in [2.24, 2.45) is 11.8 Å². The average molecular weight is 340 g/mol. The van der Waals surface area contributed by atoms with E-state index < -0.39 is 0 Å². The van der Waals surface area contributed by atoms with Gasteiger partial charge in [-0.15, -0.1) is 22.7 Å². The van der Waals surface area contributed by atoms with Crippen molar-refractivity contribution < 1.29 is 9.59 Å². The van der Waals surface area contributed by atoms with E-state index in [4.69, 9.17) is 0 Å². The van der Waals surface area contributed by atoms with E-state index in [9.17, 15) is 9.59 Å². The molecule has 0 amide bonds. The van der Waals surface area contributed by atoms with E-state index in [-0.39, 0.29) is 23.4 Å². The fraction of sp³-hybridized carbons (Fsp3) is 0.263. The van der Waals surface area contributed by atoms with Gasteiger partial charge < -0.3 is 0 Å². The maximum absolute atomic E-state index is 12.7. The van der Waals surface area contributed by atoms with Crippen LogP contribution in [0.5, 0.6) is 0 Å². The molecule has 2 saturated carbocycles. The lowest BCUT2D eigenvalue weighted by Crippen LogP contribution is -2.37. The van der Waals surface area contributed by atoms with Crippen molar-refractivity contribution in [2.45, 2.75) is 19.3 Å². The molecular weight excluding hydrogens is 324 g/mol. The van der Waals surface area contributed by atoms with Gasteiger partial charge in [0, 0.05) is 21.6 Å². The molecule has 0 aromatic carbocycles. The molecule has 2 aromatic heterocycles. The summed E-state index contributed by atoms with van der Waals surface area (Å²) in [5, 5.41) is 4.01. The topological polar surface area (TPSA) is 34.1 Å². The molecule has 0 aliphatic heterocycles. The second-order valence-electron chi connectivity index (χ2n) is 6.14. The molecule has 2 heterocycles. The number of Topliss-reactive ketones (excluding diaryl/α,β-unsaturated/α-hetero) is 2. The minimum absolute atomic E-state index is 0.0242. The molecule has 0 spiro atoms. The Morgan fingerprint density at radius 3 is 1.70 bits per heavy atom. The predicted molar refractivity (Wildman–Crippen MR) is 95.4 cm³/mol. The highest BCUT2D eigenvalue weighted by molar-refractivity contribution is 7.11. The zero-order chi connectivity index (χ0) is 15.8. The molecule has 2 bridgehead atoms. The number of carbonyl (C=O) groups is 2. The Kier molecular flexibility index (Phi) is 3.87. The third-order valence-corrected chi connectivity index (χ3v) is 6.23. The molecule has 0 N–H and O–H groups in total. The van der Waals surface area contributed by atoms with Gasteiger partial charge in [-0.2, -0.15) is 0 Å². The van der Waals surface area contributed by atoms with Gasteiger partial charge in [0.25, 0.3) is 0 Å². The summed E-state index contributed by atoms with van der Waals surface area (Å²) >= 11 is 3.25. The minimum atomic E-state index is -0.0242. The summed E-state index contributed by atoms with van der Waals surface area (Å²) in [5.74, 6) is 0.422. The van der Waals surface area contributed by atoms with Gasteiger partial charge in [0.2, 0.25) is 0 Å². The van der Waals surface area contributed by atoms with Crippen LogP contribution < -0.4 is 0 Å². The van der Waals surface area contributed by atoms with E-state index in [1.165, 1.54) is 0 Å². The summed E-state index contributed by atoms with van der Waals surface area (Å²) in [6, 6.07) is 8.00. The Morgan fingerprint density at radius 1 is 0.826 bits per heavy atom. The minimum Gasteiger partial charge on any atom is -0.294 e. The van der Waals surface area contributed by atoms with Crippen molar-refractivity contribution in [1.82, 2.24) is 0 Å². The average Bonchev–Trinajstić information content (AvgIpc) is 3.22. The highest BCUT2D eigenvalue weighted by Gasteiger charge is 2.41. The number of thiophene rings is 2. The van der Waals surface area contributed by atoms with Crippen LogP contribution in [0.4, 0.5) is 0 Å². The maximum atomic E-state index is 12.7. The first-order valence-electron chi connectivity index (χ1n) is 7.77. The van der Waals surface area contributed by atoms with Crippen LogP contribution in [0.3, 0.4) is 0 Å². The molecule has 2 aromatic rings. The van der Waals surface area contributed by atoms with E-state index in [0.29, 0.717) is 12.8 Å². The monoisotopic (exact) mass is 340 g/mol. The van der Waals surface area contributed by atoms with Crippen LogP contribution in [0.15, 0.2) is 46.2 Å². The smallest absolute Gasteiger partial charge is 0.162 e. The van der Waals surface area contributed by atoms with Gasteiger partial charge in [-0.05, 0) is 65.5 Å². The van der Waals surface area contributed by atoms with Gasteiger partial charge >= 0.3 is 0 Å². The molecule has 4 rings (SSSR count). The summed E-state index contributed by atoms with van der Waals surface area (Å²) in [6.45, 7) is 0. The van der Waals surface area contributed by atoms with Crippen LogP contribution in [-0.4, -0.2) is 11.6 Å². The van der Waals surface area contributed by atoms with Crippen molar-refractivity contribution in [3.05, 3.63) is 55.9 Å². The first-order valence-corrected chi connectivity index (χ1v) is 9.53. The van der Waals surface area contributed by atoms with Crippen molar-refractivity contribution in [3.63, 3.8) is 0 Å². The Labute approximate surface area is 143 Å². The van der Waals surface area contributed by atoms with Gasteiger partial charge in [0.1, 0.15) is 0 Å². The number of allylic oxidation sites excluding steroid dienone is 2. The second-order valence-corrected chi connectivity index (χ2v) is 8.09. The highest BCUT2D eigenvalue weighted by atomic mass is 32.1. The standard InChI is InChI=1S/C19H16O2S2/c20-18-13-7-12(8-14(18)10-16-3-1-5-22-16)19(21)15(9-13)11-17-4-2-6-23-17/h1-6,10-13H,7-9H2/b14-10-,15-11+/t12-,13-/m1/s1. The maximum Gasteiger partial charge on any atom is 0.162 e. The number of fused-ring (bicyclic) bond motifs is 2. The number of rotatable bonds is 2. The Balaban J connectivity index is 1.63. The van der Waals surface area contributed by atoms with Crippen molar-refractivity contribution in [2.75, 3.05) is 0 Å². The normalized spacial score (nSPS) is 27.8. The molecule has 2 aliphatic rings. The molecule has 116 valence electrons. The molecule has 4 heteroatoms. The van der Waals surface area contributed by atoms with E-state index in [1.54, 1.807) is 22.7 Å². The number of carbonyl (C=O) groups excluding carboxylic acids is 2. The van der Waals surface area contributed by atoms with E-state index in [0.717, 1.165) is 27.3 Å². The molecular formula is C19H16O2S2. The lowest BCUT2D eigenvalue weighted by Gasteiger charge is -2.35. The van der Waals surface area contributed by atoms with Gasteiger partial charge in [-0.25, -0.2) is 0 Å². The SMILES string of the molecule is O=C1/C(=C\c2cccs2)C[C@H]2C[C@@H]1C/C(=C\c1cccs1)C2=O. The largest absolute Gasteiger partial charge is 0.294 e. The van der Waals surface area contributed by atoms with Crippen LogP contribution in [0.25, 0.3) is 12.2 Å². The number of hydrogen-bond acceptors (Lipinski definition) is 4. The highest BCUT2D eigenvalue weighted by Crippen LogP contribution is 2.42. The van der Waals surface area contributed by atoms with Gasteiger partial charge in [-0.3, -0.25) is 9.59 Å². The molecule has 0 radical (unpaired) electrons. The number of hydrogen-bond donors (Lipinski definition) is 0. The van der Waals surface area contributed by atoms with Crippen LogP contribution in [-0.2, 0) is 9.59 Å². The fourth-order valence-electron chi connectivity index (χ4n) is 3.52. The zero-order valence-electron chi connectivity index (χ0n) is 12.5. The van der Waals surface area contributed by atoms with E-state index in [1.807, 2.05) is 47.2 Å². The van der Waals surface area contributed by atoms with Gasteiger partial charge in [0.15, 0.2) is 11.6 Å². The van der Waals surface area contributed by atoms with Crippen molar-refractivity contribution >= 4 is 46.4 Å². The Hall–Kier alpha value is -1.78. The predicted octanol–water partition coefficient (Wildman–Crippen LogP) is 4.84. The summed E-state index contributed by atoms with van der Waals surface area (Å²) in [4.78, 5) is 27.6. The van der Waals surface area contributed by atoms with Gasteiger partial charge in [0.05, 0.1) is 0 Å². The Bertz CT molecular complexity index is 726. The summed E-state index contributed by atoms with van der Waals surface area (Å²) < 4.78 is 0. The van der Waals surface area contributed by atoms with Crippen LogP contribution in [0, 0.1) is 11.8 Å². The molecule has 23 heavy (non-hydrogen) atoms. The summed E-state index contributed by atoms with van der Waals surface area (Å²) in [7, 11) is 0. The second kappa shape index (κ2) is 6.02. The van der Waals surface area contributed by atoms with E-state index in [2.05, 4.69) is 0 Å². The van der Waals surface area contributed by atoms with Crippen LogP contribution in [0.1, 0.15) is 29.0 Å². The van der Waals surface area contributed by atoms with Crippen LogP contribution in [0.2, 0.25) is 0 Å². The third kappa shape index (κ3) is 2.89. The molecule has 0 unspecified atom stereocenters. The lowest BCUT2D eigenvalue weighted by molar-refractivity contribution is -0.127.